The number of carbonyl (C=O) groups is 1. The van der Waals surface area contributed by atoms with Crippen LogP contribution in [0.1, 0.15) is 33.8 Å². The molecule has 4 aromatic heterocycles. The highest BCUT2D eigenvalue weighted by molar-refractivity contribution is 5.90. The maximum atomic E-state index is 14.1. The summed E-state index contributed by atoms with van der Waals surface area (Å²) in [5.41, 5.74) is 3.04. The highest BCUT2D eigenvalue weighted by Crippen LogP contribution is 2.34. The predicted octanol–water partition coefficient (Wildman–Crippen LogP) is 3.33. The first kappa shape index (κ1) is 19.2. The van der Waals surface area contributed by atoms with E-state index in [1.54, 1.807) is 11.2 Å². The van der Waals surface area contributed by atoms with Gasteiger partial charge in [-0.15, -0.1) is 10.2 Å². The van der Waals surface area contributed by atoms with Gasteiger partial charge in [-0.25, -0.2) is 14.4 Å². The number of para-hydroxylation sites is 1. The smallest absolute Gasteiger partial charge is 0.312 e. The average molecular weight is 441 g/mol. The van der Waals surface area contributed by atoms with Crippen molar-refractivity contribution in [3.63, 3.8) is 0 Å². The van der Waals surface area contributed by atoms with E-state index in [4.69, 9.17) is 9.40 Å². The largest absolute Gasteiger partial charge is 0.411 e. The van der Waals surface area contributed by atoms with Gasteiger partial charge in [-0.1, -0.05) is 24.3 Å². The van der Waals surface area contributed by atoms with E-state index in [-0.39, 0.29) is 17.5 Å². The molecular formula is C23H16FN7O2. The Morgan fingerprint density at radius 2 is 2.00 bits per heavy atom. The summed E-state index contributed by atoms with van der Waals surface area (Å²) in [5.74, 6) is -1.51. The van der Waals surface area contributed by atoms with Gasteiger partial charge in [0, 0.05) is 30.2 Å². The van der Waals surface area contributed by atoms with Crippen LogP contribution >= 0.6 is 0 Å². The van der Waals surface area contributed by atoms with E-state index in [0.717, 1.165) is 16.6 Å². The van der Waals surface area contributed by atoms with E-state index in [1.165, 1.54) is 18.3 Å². The Morgan fingerprint density at radius 3 is 2.91 bits per heavy atom. The Balaban J connectivity index is 1.40. The first-order valence-electron chi connectivity index (χ1n) is 10.3. The highest BCUT2D eigenvalue weighted by Gasteiger charge is 2.37. The Hall–Kier alpha value is -4.47. The molecule has 1 aliphatic heterocycles. The second-order valence-corrected chi connectivity index (χ2v) is 7.59. The standard InChI is InChI=1S/C23H16FN7O2/c24-14-5-3-10-25-18(14)21-29-30-22(33-21)23(32)31-11-9-16-19(27-12-26-16)20(31)17-8-7-13-4-1-2-6-15(13)28-17/h1-8,10,12,20H,9,11H2,(H,26,27)/t20-/m0/s1. The third-order valence-corrected chi connectivity index (χ3v) is 5.65. The van der Waals surface area contributed by atoms with Crippen LogP contribution in [0.5, 0.6) is 0 Å². The maximum absolute atomic E-state index is 14.1. The molecule has 1 amide bonds. The monoisotopic (exact) mass is 441 g/mol. The van der Waals surface area contributed by atoms with Crippen molar-refractivity contribution >= 4 is 16.8 Å². The third kappa shape index (κ3) is 3.23. The van der Waals surface area contributed by atoms with Gasteiger partial charge >= 0.3 is 11.8 Å². The molecule has 1 atom stereocenters. The van der Waals surface area contributed by atoms with Crippen molar-refractivity contribution in [3.8, 4) is 11.6 Å². The van der Waals surface area contributed by atoms with Crippen molar-refractivity contribution in [1.29, 1.82) is 0 Å². The Kier molecular flexibility index (Phi) is 4.42. The molecule has 6 rings (SSSR count). The van der Waals surface area contributed by atoms with Gasteiger partial charge in [-0.3, -0.25) is 9.78 Å². The van der Waals surface area contributed by atoms with Crippen molar-refractivity contribution < 1.29 is 13.6 Å². The molecule has 0 aliphatic carbocycles. The number of halogens is 1. The number of hydrogen-bond acceptors (Lipinski definition) is 7. The number of pyridine rings is 2. The number of nitrogens with zero attached hydrogens (tertiary/aromatic N) is 6. The number of aromatic amines is 1. The zero-order chi connectivity index (χ0) is 22.4. The molecule has 10 heteroatoms. The molecule has 5 heterocycles. The highest BCUT2D eigenvalue weighted by atomic mass is 19.1. The molecule has 0 radical (unpaired) electrons. The predicted molar refractivity (Wildman–Crippen MR) is 114 cm³/mol. The van der Waals surface area contributed by atoms with Gasteiger partial charge in [0.15, 0.2) is 11.5 Å². The van der Waals surface area contributed by atoms with Crippen LogP contribution < -0.4 is 0 Å². The van der Waals surface area contributed by atoms with E-state index in [2.05, 4.69) is 25.1 Å². The molecule has 33 heavy (non-hydrogen) atoms. The molecule has 0 fully saturated rings. The Labute approximate surface area is 186 Å². The van der Waals surface area contributed by atoms with Crippen molar-refractivity contribution in [1.82, 2.24) is 35.0 Å². The van der Waals surface area contributed by atoms with Crippen LogP contribution in [0.2, 0.25) is 0 Å². The summed E-state index contributed by atoms with van der Waals surface area (Å²) in [6, 6.07) is 13.8. The van der Waals surface area contributed by atoms with Crippen LogP contribution in [0.3, 0.4) is 0 Å². The summed E-state index contributed by atoms with van der Waals surface area (Å²) in [7, 11) is 0. The van der Waals surface area contributed by atoms with Crippen molar-refractivity contribution in [2.24, 2.45) is 0 Å². The third-order valence-electron chi connectivity index (χ3n) is 5.65. The number of benzene rings is 1. The van der Waals surface area contributed by atoms with Crippen LogP contribution in [0.15, 0.2) is 65.5 Å². The van der Waals surface area contributed by atoms with Gasteiger partial charge < -0.3 is 14.3 Å². The fourth-order valence-corrected chi connectivity index (χ4v) is 4.10. The van der Waals surface area contributed by atoms with E-state index >= 15 is 0 Å². The first-order chi connectivity index (χ1) is 16.2. The fourth-order valence-electron chi connectivity index (χ4n) is 4.10. The normalized spacial score (nSPS) is 15.5. The molecule has 162 valence electrons. The number of fused-ring (bicyclic) bond motifs is 2. The number of hydrogen-bond donors (Lipinski definition) is 1. The number of H-pyrrole nitrogens is 1. The number of amides is 1. The van der Waals surface area contributed by atoms with Crippen LogP contribution in [0.4, 0.5) is 4.39 Å². The van der Waals surface area contributed by atoms with Crippen molar-refractivity contribution in [3.05, 3.63) is 89.8 Å². The number of nitrogens with one attached hydrogen (secondary N) is 1. The van der Waals surface area contributed by atoms with Crippen molar-refractivity contribution in [2.75, 3.05) is 6.54 Å². The zero-order valence-electron chi connectivity index (χ0n) is 17.1. The Bertz CT molecular complexity index is 1500. The molecule has 1 N–H and O–H groups in total. The molecule has 9 nitrogen and oxygen atoms in total. The number of carbonyl (C=O) groups excluding carboxylic acids is 1. The van der Waals surface area contributed by atoms with E-state index in [9.17, 15) is 9.18 Å². The molecule has 0 saturated heterocycles. The lowest BCUT2D eigenvalue weighted by molar-refractivity contribution is 0.0647. The maximum Gasteiger partial charge on any atom is 0.312 e. The lowest BCUT2D eigenvalue weighted by atomic mass is 9.98. The molecule has 0 bridgehead atoms. The minimum atomic E-state index is -0.613. The minimum Gasteiger partial charge on any atom is -0.411 e. The number of imidazole rings is 1. The molecule has 1 aromatic carbocycles. The molecular weight excluding hydrogens is 425 g/mol. The van der Waals surface area contributed by atoms with Gasteiger partial charge in [0.05, 0.1) is 23.2 Å². The van der Waals surface area contributed by atoms with Gasteiger partial charge in [0.25, 0.3) is 5.89 Å². The summed E-state index contributed by atoms with van der Waals surface area (Å²) in [6.07, 6.45) is 3.61. The Morgan fingerprint density at radius 1 is 1.09 bits per heavy atom. The van der Waals surface area contributed by atoms with Crippen LogP contribution in [-0.4, -0.2) is 47.5 Å². The molecule has 0 saturated carbocycles. The summed E-state index contributed by atoms with van der Waals surface area (Å²) >= 11 is 0. The molecule has 5 aromatic rings. The minimum absolute atomic E-state index is 0.106. The van der Waals surface area contributed by atoms with E-state index in [1.807, 2.05) is 36.4 Å². The van der Waals surface area contributed by atoms with Crippen molar-refractivity contribution in [2.45, 2.75) is 12.5 Å². The summed E-state index contributed by atoms with van der Waals surface area (Å²) < 4.78 is 19.6. The molecule has 0 unspecified atom stereocenters. The molecule has 0 spiro atoms. The first-order valence-corrected chi connectivity index (χ1v) is 10.3. The topological polar surface area (TPSA) is 114 Å². The lowest BCUT2D eigenvalue weighted by Gasteiger charge is -2.33. The second-order valence-electron chi connectivity index (χ2n) is 7.59. The second kappa shape index (κ2) is 7.59. The van der Waals surface area contributed by atoms with E-state index < -0.39 is 17.8 Å². The fraction of sp³-hybridized carbons (Fsp3) is 0.130. The quantitative estimate of drug-likeness (QED) is 0.457. The summed E-state index contributed by atoms with van der Waals surface area (Å²) in [6.45, 7) is 0.392. The van der Waals surface area contributed by atoms with Crippen LogP contribution in [0.25, 0.3) is 22.5 Å². The summed E-state index contributed by atoms with van der Waals surface area (Å²) in [5, 5.41) is 8.70. The zero-order valence-corrected chi connectivity index (χ0v) is 17.1. The van der Waals surface area contributed by atoms with Crippen LogP contribution in [0, 0.1) is 5.82 Å². The van der Waals surface area contributed by atoms with Gasteiger partial charge in [-0.05, 0) is 24.3 Å². The van der Waals surface area contributed by atoms with E-state index in [0.29, 0.717) is 24.4 Å². The number of rotatable bonds is 3. The SMILES string of the molecule is O=C(c1nnc(-c2ncccc2F)o1)N1CCc2[nH]cnc2[C@@H]1c1ccc2ccccc2n1. The average Bonchev–Trinajstić information content (AvgIpc) is 3.53. The lowest BCUT2D eigenvalue weighted by Crippen LogP contribution is -2.41. The van der Waals surface area contributed by atoms with Gasteiger partial charge in [0.2, 0.25) is 0 Å². The number of aromatic nitrogens is 6. The van der Waals surface area contributed by atoms with Gasteiger partial charge in [0.1, 0.15) is 6.04 Å². The van der Waals surface area contributed by atoms with Crippen LogP contribution in [-0.2, 0) is 6.42 Å². The molecule has 1 aliphatic rings. The summed E-state index contributed by atoms with van der Waals surface area (Å²) in [4.78, 5) is 31.4. The van der Waals surface area contributed by atoms with Gasteiger partial charge in [-0.2, -0.15) is 0 Å².